The van der Waals surface area contributed by atoms with E-state index in [9.17, 15) is 0 Å². The van der Waals surface area contributed by atoms with Gasteiger partial charge in [0, 0.05) is 11.9 Å². The van der Waals surface area contributed by atoms with Crippen molar-refractivity contribution in [2.75, 3.05) is 0 Å². The van der Waals surface area contributed by atoms with Crippen molar-refractivity contribution in [1.29, 1.82) is 0 Å². The van der Waals surface area contributed by atoms with Gasteiger partial charge >= 0.3 is 0 Å². The second-order valence-electron chi connectivity index (χ2n) is 4.23. The summed E-state index contributed by atoms with van der Waals surface area (Å²) in [6.45, 7) is 0. The fourth-order valence-electron chi connectivity index (χ4n) is 1.69. The summed E-state index contributed by atoms with van der Waals surface area (Å²) in [5.41, 5.74) is 2.04. The Bertz CT molecular complexity index is 709. The maximum atomic E-state index is 4.33. The third-order valence-corrected chi connectivity index (χ3v) is 3.72. The van der Waals surface area contributed by atoms with Crippen LogP contribution >= 0.6 is 11.8 Å². The van der Waals surface area contributed by atoms with Crippen LogP contribution in [0, 0.1) is 0 Å². The first-order valence-corrected chi connectivity index (χ1v) is 7.42. The van der Waals surface area contributed by atoms with Crippen LogP contribution in [0.25, 0.3) is 0 Å². The molecule has 0 bridgehead atoms. The maximum Gasteiger partial charge on any atom is 0.212 e. The first-order chi connectivity index (χ1) is 10.4. The van der Waals surface area contributed by atoms with Crippen molar-refractivity contribution in [3.63, 3.8) is 0 Å². The van der Waals surface area contributed by atoms with Crippen molar-refractivity contribution in [2.24, 2.45) is 5.10 Å². The molecule has 3 aromatic rings. The quantitative estimate of drug-likeness (QED) is 0.536. The molecule has 2 heterocycles. The van der Waals surface area contributed by atoms with Crippen LogP contribution in [0.15, 0.2) is 71.3 Å². The summed E-state index contributed by atoms with van der Waals surface area (Å²) in [6.07, 6.45) is 5.02. The highest BCUT2D eigenvalue weighted by Gasteiger charge is 2.04. The van der Waals surface area contributed by atoms with Gasteiger partial charge in [-0.2, -0.15) is 9.78 Å². The fourth-order valence-corrected chi connectivity index (χ4v) is 2.51. The Morgan fingerprint density at radius 3 is 2.76 bits per heavy atom. The standard InChI is InChI=1S/C15H13N5S/c1-2-6-13(7-3-1)11-21-15-19-17-12-20(15)18-10-14-8-4-5-9-16-14/h1-10,12H,11H2/b18-10-. The average Bonchev–Trinajstić information content (AvgIpc) is 3.00. The highest BCUT2D eigenvalue weighted by molar-refractivity contribution is 7.98. The molecular formula is C15H13N5S. The largest absolute Gasteiger partial charge is 0.255 e. The molecule has 0 aliphatic rings. The molecule has 6 heteroatoms. The zero-order valence-electron chi connectivity index (χ0n) is 11.2. The smallest absolute Gasteiger partial charge is 0.212 e. The molecule has 1 aromatic carbocycles. The average molecular weight is 295 g/mol. The monoisotopic (exact) mass is 295 g/mol. The van der Waals surface area contributed by atoms with Crippen LogP contribution in [0.5, 0.6) is 0 Å². The summed E-state index contributed by atoms with van der Waals surface area (Å²) in [5.74, 6) is 0.832. The predicted molar refractivity (Wildman–Crippen MR) is 83.3 cm³/mol. The van der Waals surface area contributed by atoms with Gasteiger partial charge in [0.05, 0.1) is 11.9 Å². The summed E-state index contributed by atoms with van der Waals surface area (Å²) in [7, 11) is 0. The molecule has 0 saturated carbocycles. The summed E-state index contributed by atoms with van der Waals surface area (Å²) >= 11 is 1.60. The molecule has 3 rings (SSSR count). The third kappa shape index (κ3) is 3.76. The van der Waals surface area contributed by atoms with Crippen LogP contribution in [0.2, 0.25) is 0 Å². The second-order valence-corrected chi connectivity index (χ2v) is 5.17. The second kappa shape index (κ2) is 6.81. The highest BCUT2D eigenvalue weighted by Crippen LogP contribution is 2.20. The van der Waals surface area contributed by atoms with Gasteiger partial charge < -0.3 is 0 Å². The molecule has 21 heavy (non-hydrogen) atoms. The Labute approximate surface area is 126 Å². The van der Waals surface area contributed by atoms with Crippen LogP contribution in [0.4, 0.5) is 0 Å². The molecule has 0 unspecified atom stereocenters. The molecule has 0 aliphatic carbocycles. The molecule has 0 saturated heterocycles. The number of hydrogen-bond acceptors (Lipinski definition) is 5. The number of rotatable bonds is 5. The van der Waals surface area contributed by atoms with Gasteiger partial charge in [0.25, 0.3) is 0 Å². The Kier molecular flexibility index (Phi) is 4.38. The number of thioether (sulfide) groups is 1. The normalized spacial score (nSPS) is 11.0. The first kappa shape index (κ1) is 13.5. The lowest BCUT2D eigenvalue weighted by atomic mass is 10.2. The number of nitrogens with zero attached hydrogens (tertiary/aromatic N) is 5. The topological polar surface area (TPSA) is 56.0 Å². The Morgan fingerprint density at radius 2 is 1.95 bits per heavy atom. The van der Waals surface area contributed by atoms with Crippen LogP contribution in [0.1, 0.15) is 11.3 Å². The lowest BCUT2D eigenvalue weighted by Gasteiger charge is -2.00. The molecule has 0 amide bonds. The highest BCUT2D eigenvalue weighted by atomic mass is 32.2. The Morgan fingerprint density at radius 1 is 1.10 bits per heavy atom. The van der Waals surface area contributed by atoms with E-state index in [1.165, 1.54) is 5.56 Å². The molecule has 0 fully saturated rings. The van der Waals surface area contributed by atoms with Crippen molar-refractivity contribution in [1.82, 2.24) is 19.9 Å². The van der Waals surface area contributed by atoms with Gasteiger partial charge in [-0.1, -0.05) is 48.2 Å². The van der Waals surface area contributed by atoms with E-state index in [1.54, 1.807) is 35.2 Å². The van der Waals surface area contributed by atoms with E-state index in [4.69, 9.17) is 0 Å². The van der Waals surface area contributed by atoms with E-state index in [2.05, 4.69) is 32.4 Å². The summed E-state index contributed by atoms with van der Waals surface area (Å²) < 4.78 is 1.66. The SMILES string of the molecule is C(=N/n1cnnc1SCc1ccccc1)/c1ccccn1. The van der Waals surface area contributed by atoms with Crippen molar-refractivity contribution >= 4 is 18.0 Å². The van der Waals surface area contributed by atoms with Gasteiger partial charge in [-0.05, 0) is 17.7 Å². The molecule has 104 valence electrons. The molecule has 5 nitrogen and oxygen atoms in total. The van der Waals surface area contributed by atoms with Gasteiger partial charge in [-0.3, -0.25) is 4.98 Å². The van der Waals surface area contributed by atoms with E-state index in [-0.39, 0.29) is 0 Å². The zero-order valence-corrected chi connectivity index (χ0v) is 12.0. The van der Waals surface area contributed by atoms with Gasteiger partial charge in [0.1, 0.15) is 6.33 Å². The molecule has 0 radical (unpaired) electrons. The van der Waals surface area contributed by atoms with Crippen molar-refractivity contribution in [3.8, 4) is 0 Å². The fraction of sp³-hybridized carbons (Fsp3) is 0.0667. The summed E-state index contributed by atoms with van der Waals surface area (Å²) in [6, 6.07) is 15.9. The number of aromatic nitrogens is 4. The van der Waals surface area contributed by atoms with Crippen molar-refractivity contribution in [2.45, 2.75) is 10.9 Å². The van der Waals surface area contributed by atoms with Gasteiger partial charge in [-0.15, -0.1) is 10.2 Å². The van der Waals surface area contributed by atoms with Gasteiger partial charge in [0.15, 0.2) is 0 Å². The lowest BCUT2D eigenvalue weighted by molar-refractivity contribution is 0.766. The molecule has 0 N–H and O–H groups in total. The minimum absolute atomic E-state index is 0.756. The van der Waals surface area contributed by atoms with E-state index in [0.29, 0.717) is 0 Å². The van der Waals surface area contributed by atoms with Crippen LogP contribution < -0.4 is 0 Å². The summed E-state index contributed by atoms with van der Waals surface area (Å²) in [5, 5.41) is 13.1. The van der Waals surface area contributed by atoms with Gasteiger partial charge in [-0.25, -0.2) is 0 Å². The molecule has 0 aliphatic heterocycles. The number of hydrogen-bond donors (Lipinski definition) is 0. The van der Waals surface area contributed by atoms with Crippen LogP contribution in [-0.4, -0.2) is 26.1 Å². The Balaban J connectivity index is 1.68. The molecule has 0 atom stereocenters. The van der Waals surface area contributed by atoms with E-state index >= 15 is 0 Å². The molecular weight excluding hydrogens is 282 g/mol. The molecule has 2 aromatic heterocycles. The van der Waals surface area contributed by atoms with E-state index < -0.39 is 0 Å². The minimum Gasteiger partial charge on any atom is -0.255 e. The number of benzene rings is 1. The van der Waals surface area contributed by atoms with E-state index in [0.717, 1.165) is 16.6 Å². The predicted octanol–water partition coefficient (Wildman–Crippen LogP) is 2.85. The van der Waals surface area contributed by atoms with Crippen LogP contribution in [-0.2, 0) is 5.75 Å². The van der Waals surface area contributed by atoms with Crippen molar-refractivity contribution < 1.29 is 0 Å². The first-order valence-electron chi connectivity index (χ1n) is 6.44. The number of pyridine rings is 1. The van der Waals surface area contributed by atoms with E-state index in [1.807, 2.05) is 36.4 Å². The zero-order chi connectivity index (χ0) is 14.3. The van der Waals surface area contributed by atoms with Gasteiger partial charge in [0.2, 0.25) is 5.16 Å². The minimum atomic E-state index is 0.756. The summed E-state index contributed by atoms with van der Waals surface area (Å²) in [4.78, 5) is 4.19. The lowest BCUT2D eigenvalue weighted by Crippen LogP contribution is -1.93. The maximum absolute atomic E-state index is 4.33. The third-order valence-electron chi connectivity index (χ3n) is 2.71. The Hall–Kier alpha value is -2.47. The van der Waals surface area contributed by atoms with Crippen LogP contribution in [0.3, 0.4) is 0 Å². The molecule has 0 spiro atoms. The van der Waals surface area contributed by atoms with Crippen molar-refractivity contribution in [3.05, 3.63) is 72.3 Å².